The Labute approximate surface area is 149 Å². The summed E-state index contributed by atoms with van der Waals surface area (Å²) < 4.78 is 0. The van der Waals surface area contributed by atoms with Crippen molar-refractivity contribution >= 4 is 22.7 Å². The Hall–Kier alpha value is -2.78. The van der Waals surface area contributed by atoms with Gasteiger partial charge in [0.05, 0.1) is 22.7 Å². The summed E-state index contributed by atoms with van der Waals surface area (Å²) in [6.07, 6.45) is 0. The van der Waals surface area contributed by atoms with Crippen molar-refractivity contribution in [2.45, 2.75) is 6.54 Å². The highest BCUT2D eigenvalue weighted by molar-refractivity contribution is 5.92. The lowest BCUT2D eigenvalue weighted by atomic mass is 10.1. The van der Waals surface area contributed by atoms with Gasteiger partial charge in [-0.1, -0.05) is 54.6 Å². The van der Waals surface area contributed by atoms with Crippen LogP contribution in [0.15, 0.2) is 78.9 Å². The van der Waals surface area contributed by atoms with Crippen molar-refractivity contribution in [2.75, 3.05) is 29.9 Å². The molecular weight excluding hydrogens is 306 g/mol. The maximum absolute atomic E-state index is 3.00. The SMILES string of the molecule is C1CN1.CN1c2ccccc2N(Cc2ccccc2)c2ccccc21. The first kappa shape index (κ1) is 15.7. The fourth-order valence-corrected chi connectivity index (χ4v) is 3.15. The van der Waals surface area contributed by atoms with Gasteiger partial charge in [-0.05, 0) is 29.8 Å². The summed E-state index contributed by atoms with van der Waals surface area (Å²) >= 11 is 0. The van der Waals surface area contributed by atoms with Crippen molar-refractivity contribution in [2.24, 2.45) is 0 Å². The number of rotatable bonds is 2. The maximum Gasteiger partial charge on any atom is 0.0655 e. The fraction of sp³-hybridized carbons (Fsp3) is 0.182. The molecule has 2 aliphatic rings. The van der Waals surface area contributed by atoms with Crippen LogP contribution < -0.4 is 15.1 Å². The van der Waals surface area contributed by atoms with E-state index in [2.05, 4.69) is 101 Å². The monoisotopic (exact) mass is 329 g/mol. The Bertz CT molecular complexity index is 792. The summed E-state index contributed by atoms with van der Waals surface area (Å²) in [6.45, 7) is 3.38. The highest BCUT2D eigenvalue weighted by Gasteiger charge is 2.25. The number of para-hydroxylation sites is 4. The van der Waals surface area contributed by atoms with E-state index in [0.717, 1.165) is 6.54 Å². The van der Waals surface area contributed by atoms with E-state index in [4.69, 9.17) is 0 Å². The summed E-state index contributed by atoms with van der Waals surface area (Å²) in [4.78, 5) is 4.67. The number of fused-ring (bicyclic) bond motifs is 2. The number of hydrogen-bond acceptors (Lipinski definition) is 3. The minimum atomic E-state index is 0.878. The average molecular weight is 329 g/mol. The Morgan fingerprint density at radius 2 is 1.12 bits per heavy atom. The second kappa shape index (κ2) is 6.99. The Morgan fingerprint density at radius 3 is 1.60 bits per heavy atom. The van der Waals surface area contributed by atoms with Crippen LogP contribution in [0.1, 0.15) is 5.56 Å². The number of nitrogens with one attached hydrogen (secondary N) is 1. The highest BCUT2D eigenvalue weighted by atomic mass is 15.3. The molecule has 0 radical (unpaired) electrons. The molecular formula is C22H23N3. The molecule has 0 aromatic heterocycles. The first-order chi connectivity index (χ1) is 12.3. The van der Waals surface area contributed by atoms with Gasteiger partial charge in [-0.15, -0.1) is 0 Å². The second-order valence-electron chi connectivity index (χ2n) is 6.36. The molecule has 1 saturated heterocycles. The van der Waals surface area contributed by atoms with Crippen LogP contribution in [0.4, 0.5) is 22.7 Å². The minimum absolute atomic E-state index is 0.878. The van der Waals surface area contributed by atoms with Crippen LogP contribution in [0, 0.1) is 0 Å². The Morgan fingerprint density at radius 1 is 0.680 bits per heavy atom. The highest BCUT2D eigenvalue weighted by Crippen LogP contribution is 2.47. The van der Waals surface area contributed by atoms with E-state index in [9.17, 15) is 0 Å². The van der Waals surface area contributed by atoms with E-state index in [1.165, 1.54) is 41.4 Å². The second-order valence-corrected chi connectivity index (χ2v) is 6.36. The minimum Gasteiger partial charge on any atom is -0.341 e. The predicted molar refractivity (Wildman–Crippen MR) is 106 cm³/mol. The van der Waals surface area contributed by atoms with Crippen molar-refractivity contribution in [1.29, 1.82) is 0 Å². The molecule has 1 fully saturated rings. The van der Waals surface area contributed by atoms with Gasteiger partial charge < -0.3 is 15.1 Å². The van der Waals surface area contributed by atoms with Crippen molar-refractivity contribution < 1.29 is 0 Å². The first-order valence-corrected chi connectivity index (χ1v) is 8.78. The van der Waals surface area contributed by atoms with Gasteiger partial charge in [-0.2, -0.15) is 0 Å². The molecule has 3 heteroatoms. The zero-order valence-electron chi connectivity index (χ0n) is 14.5. The molecule has 126 valence electrons. The molecule has 3 aromatic rings. The third-order valence-corrected chi connectivity index (χ3v) is 4.50. The van der Waals surface area contributed by atoms with Crippen LogP contribution in [-0.2, 0) is 6.54 Å². The topological polar surface area (TPSA) is 28.4 Å². The van der Waals surface area contributed by atoms with Crippen LogP contribution in [0.25, 0.3) is 0 Å². The van der Waals surface area contributed by atoms with E-state index in [1.54, 1.807) is 0 Å². The van der Waals surface area contributed by atoms with Crippen molar-refractivity contribution in [3.8, 4) is 0 Å². The largest absolute Gasteiger partial charge is 0.341 e. The molecule has 2 heterocycles. The summed E-state index contributed by atoms with van der Waals surface area (Å²) in [7, 11) is 2.14. The third-order valence-electron chi connectivity index (χ3n) is 4.50. The van der Waals surface area contributed by atoms with E-state index < -0.39 is 0 Å². The van der Waals surface area contributed by atoms with Gasteiger partial charge in [0, 0.05) is 26.7 Å². The quantitative estimate of drug-likeness (QED) is 0.691. The number of hydrogen-bond donors (Lipinski definition) is 1. The van der Waals surface area contributed by atoms with Gasteiger partial charge in [0.1, 0.15) is 0 Å². The summed E-state index contributed by atoms with van der Waals surface area (Å²) in [5, 5.41) is 3.00. The smallest absolute Gasteiger partial charge is 0.0655 e. The number of benzene rings is 3. The molecule has 0 spiro atoms. The molecule has 0 amide bonds. The van der Waals surface area contributed by atoms with E-state index in [1.807, 2.05) is 0 Å². The number of anilines is 4. The van der Waals surface area contributed by atoms with Gasteiger partial charge in [-0.3, -0.25) is 0 Å². The molecule has 0 unspecified atom stereocenters. The molecule has 2 aliphatic heterocycles. The molecule has 0 saturated carbocycles. The molecule has 3 nitrogen and oxygen atoms in total. The van der Waals surface area contributed by atoms with E-state index >= 15 is 0 Å². The van der Waals surface area contributed by atoms with Gasteiger partial charge >= 0.3 is 0 Å². The molecule has 25 heavy (non-hydrogen) atoms. The summed E-state index contributed by atoms with van der Waals surface area (Å²) in [6, 6.07) is 27.8. The maximum atomic E-state index is 3.00. The fourth-order valence-electron chi connectivity index (χ4n) is 3.15. The van der Waals surface area contributed by atoms with Crippen LogP contribution in [0.2, 0.25) is 0 Å². The summed E-state index contributed by atoms with van der Waals surface area (Å²) in [5.41, 5.74) is 6.33. The lowest BCUT2D eigenvalue weighted by molar-refractivity contribution is 0.949. The lowest BCUT2D eigenvalue weighted by Crippen LogP contribution is -2.26. The molecule has 5 rings (SSSR count). The molecule has 3 aromatic carbocycles. The van der Waals surface area contributed by atoms with Gasteiger partial charge in [0.2, 0.25) is 0 Å². The van der Waals surface area contributed by atoms with Crippen LogP contribution >= 0.6 is 0 Å². The van der Waals surface area contributed by atoms with Crippen molar-refractivity contribution in [1.82, 2.24) is 5.32 Å². The van der Waals surface area contributed by atoms with Crippen LogP contribution in [0.5, 0.6) is 0 Å². The van der Waals surface area contributed by atoms with Crippen molar-refractivity contribution in [3.63, 3.8) is 0 Å². The standard InChI is InChI=1S/C20H18N2.C2H5N/c1-21-17-11-5-7-13-19(17)22(15-16-9-3-2-4-10-16)20-14-8-6-12-18(20)21;1-2-3-1/h2-14H,15H2,1H3;3H,1-2H2. The first-order valence-electron chi connectivity index (χ1n) is 8.78. The molecule has 1 N–H and O–H groups in total. The Balaban J connectivity index is 0.000000474. The zero-order valence-corrected chi connectivity index (χ0v) is 14.5. The number of nitrogens with zero attached hydrogens (tertiary/aromatic N) is 2. The van der Waals surface area contributed by atoms with Gasteiger partial charge in [-0.25, -0.2) is 0 Å². The Kier molecular flexibility index (Phi) is 4.40. The third kappa shape index (κ3) is 3.37. The average Bonchev–Trinajstić information content (AvgIpc) is 3.55. The lowest BCUT2D eigenvalue weighted by Gasteiger charge is -2.38. The molecule has 0 aliphatic carbocycles. The van der Waals surface area contributed by atoms with E-state index in [0.29, 0.717) is 0 Å². The van der Waals surface area contributed by atoms with Crippen molar-refractivity contribution in [3.05, 3.63) is 84.4 Å². The molecule has 0 bridgehead atoms. The normalized spacial score (nSPS) is 14.1. The predicted octanol–water partition coefficient (Wildman–Crippen LogP) is 4.70. The van der Waals surface area contributed by atoms with Gasteiger partial charge in [0.15, 0.2) is 0 Å². The summed E-state index contributed by atoms with van der Waals surface area (Å²) in [5.74, 6) is 0. The zero-order chi connectivity index (χ0) is 17.1. The van der Waals surface area contributed by atoms with E-state index in [-0.39, 0.29) is 0 Å². The molecule has 0 atom stereocenters. The van der Waals surface area contributed by atoms with Crippen LogP contribution in [0.3, 0.4) is 0 Å². The van der Waals surface area contributed by atoms with Gasteiger partial charge in [0.25, 0.3) is 0 Å². The van der Waals surface area contributed by atoms with Crippen LogP contribution in [-0.4, -0.2) is 20.1 Å².